The number of nitrogens with one attached hydrogen (secondary N) is 1. The topological polar surface area (TPSA) is 67.3 Å². The summed E-state index contributed by atoms with van der Waals surface area (Å²) in [6, 6.07) is 6.05. The zero-order valence-electron chi connectivity index (χ0n) is 17.3. The predicted molar refractivity (Wildman–Crippen MR) is 121 cm³/mol. The molecule has 0 radical (unpaired) electrons. The summed E-state index contributed by atoms with van der Waals surface area (Å²) in [5, 5.41) is 4.18. The van der Waals surface area contributed by atoms with E-state index in [0.29, 0.717) is 29.4 Å². The van der Waals surface area contributed by atoms with Gasteiger partial charge in [-0.2, -0.15) is 0 Å². The Labute approximate surface area is 176 Å². The highest BCUT2D eigenvalue weighted by Crippen LogP contribution is 2.31. The van der Waals surface area contributed by atoms with E-state index in [2.05, 4.69) is 20.2 Å². The third-order valence-corrected chi connectivity index (χ3v) is 5.07. The van der Waals surface area contributed by atoms with Crippen LogP contribution in [0.2, 0.25) is 0 Å². The third-order valence-electron chi connectivity index (χ3n) is 4.70. The van der Waals surface area contributed by atoms with E-state index in [1.165, 1.54) is 0 Å². The number of carbonyl (C=O) groups is 1. The molecular weight excluding hydrogens is 384 g/mol. The van der Waals surface area contributed by atoms with Crippen LogP contribution >= 0.6 is 12.2 Å². The monoisotopic (exact) mass is 410 g/mol. The fourth-order valence-corrected chi connectivity index (χ4v) is 3.53. The molecule has 3 rings (SSSR count). The van der Waals surface area contributed by atoms with E-state index in [0.717, 1.165) is 40.7 Å². The van der Waals surface area contributed by atoms with E-state index < -0.39 is 0 Å². The maximum absolute atomic E-state index is 12.2. The highest BCUT2D eigenvalue weighted by Gasteiger charge is 2.22. The average Bonchev–Trinajstić information content (AvgIpc) is 2.67. The fourth-order valence-electron chi connectivity index (χ4n) is 3.17. The molecule has 29 heavy (non-hydrogen) atoms. The molecule has 1 aliphatic rings. The molecule has 6 nitrogen and oxygen atoms in total. The van der Waals surface area contributed by atoms with Gasteiger partial charge in [-0.15, -0.1) is 0 Å². The van der Waals surface area contributed by atoms with Crippen molar-refractivity contribution in [3.8, 4) is 0 Å². The Balaban J connectivity index is 1.88. The van der Waals surface area contributed by atoms with Crippen molar-refractivity contribution in [3.05, 3.63) is 47.2 Å². The van der Waals surface area contributed by atoms with E-state index in [9.17, 15) is 4.79 Å². The quantitative estimate of drug-likeness (QED) is 0.552. The standard InChI is InChI=1S/C22H26N4O2S/c1-5-28-21(27)18-12-17(14(2)10-20(18)29)15-6-7-19-16(11-15)13-24-22(25-19)23-8-9-26(3)4/h6-7,11-13H,5,8-10H2,1-4H3,(H,23,24,25). The van der Waals surface area contributed by atoms with Crippen molar-refractivity contribution in [1.82, 2.24) is 14.9 Å². The predicted octanol–water partition coefficient (Wildman–Crippen LogP) is 3.64. The van der Waals surface area contributed by atoms with Gasteiger partial charge in [0.1, 0.15) is 0 Å². The van der Waals surface area contributed by atoms with Crippen molar-refractivity contribution in [3.63, 3.8) is 0 Å². The Morgan fingerprint density at radius 2 is 2.14 bits per heavy atom. The van der Waals surface area contributed by atoms with Crippen LogP contribution < -0.4 is 5.32 Å². The average molecular weight is 411 g/mol. The first-order chi connectivity index (χ1) is 13.9. The summed E-state index contributed by atoms with van der Waals surface area (Å²) in [5.74, 6) is 0.259. The highest BCUT2D eigenvalue weighted by atomic mass is 32.1. The van der Waals surface area contributed by atoms with Gasteiger partial charge in [-0.1, -0.05) is 23.9 Å². The van der Waals surface area contributed by atoms with Gasteiger partial charge in [0.25, 0.3) is 0 Å². The lowest BCUT2D eigenvalue weighted by molar-refractivity contribution is -0.137. The number of esters is 1. The molecule has 0 saturated carbocycles. The number of carbonyl (C=O) groups excluding carboxylic acids is 1. The SMILES string of the molecule is CCOC(=O)C1=CC(c2ccc3nc(NCCN(C)C)ncc3c2)=C(C)CC1=S. The molecule has 0 atom stereocenters. The van der Waals surface area contributed by atoms with Crippen LogP contribution in [0.5, 0.6) is 0 Å². The lowest BCUT2D eigenvalue weighted by atomic mass is 9.88. The molecule has 0 spiro atoms. The first kappa shape index (κ1) is 21.1. The van der Waals surface area contributed by atoms with E-state index in [1.54, 1.807) is 6.92 Å². The van der Waals surface area contributed by atoms with Crippen LogP contribution in [-0.2, 0) is 9.53 Å². The largest absolute Gasteiger partial charge is 0.462 e. The minimum absolute atomic E-state index is 0.328. The van der Waals surface area contributed by atoms with Crippen molar-refractivity contribution in [2.45, 2.75) is 20.3 Å². The first-order valence-electron chi connectivity index (χ1n) is 9.66. The van der Waals surface area contributed by atoms with E-state index in [4.69, 9.17) is 17.0 Å². The van der Waals surface area contributed by atoms with Gasteiger partial charge in [0.15, 0.2) is 0 Å². The van der Waals surface area contributed by atoms with Crippen LogP contribution in [0.1, 0.15) is 25.8 Å². The molecule has 1 heterocycles. The first-order valence-corrected chi connectivity index (χ1v) is 10.1. The molecule has 0 unspecified atom stereocenters. The van der Waals surface area contributed by atoms with Crippen molar-refractivity contribution in [2.24, 2.45) is 0 Å². The number of likely N-dealkylation sites (N-methyl/N-ethyl adjacent to an activating group) is 1. The van der Waals surface area contributed by atoms with E-state index >= 15 is 0 Å². The number of benzene rings is 1. The zero-order chi connectivity index (χ0) is 21.0. The Morgan fingerprint density at radius 3 is 2.86 bits per heavy atom. The lowest BCUT2D eigenvalue weighted by Gasteiger charge is -2.19. The number of aromatic nitrogens is 2. The Bertz CT molecular complexity index is 1010. The summed E-state index contributed by atoms with van der Waals surface area (Å²) in [6.45, 7) is 5.85. The van der Waals surface area contributed by atoms with Gasteiger partial charge in [-0.25, -0.2) is 14.8 Å². The maximum atomic E-state index is 12.2. The molecule has 1 aromatic carbocycles. The number of ether oxygens (including phenoxy) is 1. The number of thiocarbonyl (C=S) groups is 1. The Morgan fingerprint density at radius 1 is 1.34 bits per heavy atom. The Kier molecular flexibility index (Phi) is 6.71. The lowest BCUT2D eigenvalue weighted by Crippen LogP contribution is -2.21. The van der Waals surface area contributed by atoms with Gasteiger partial charge < -0.3 is 15.0 Å². The second kappa shape index (κ2) is 9.24. The van der Waals surface area contributed by atoms with Crippen LogP contribution in [0.15, 0.2) is 41.6 Å². The number of hydrogen-bond acceptors (Lipinski definition) is 7. The number of fused-ring (bicyclic) bond motifs is 1. The molecule has 2 aromatic rings. The number of rotatable bonds is 7. The highest BCUT2D eigenvalue weighted by molar-refractivity contribution is 7.81. The van der Waals surface area contributed by atoms with Crippen LogP contribution in [0.3, 0.4) is 0 Å². The van der Waals surface area contributed by atoms with Gasteiger partial charge >= 0.3 is 5.97 Å². The molecule has 0 bridgehead atoms. The van der Waals surface area contributed by atoms with Crippen molar-refractivity contribution in [1.29, 1.82) is 0 Å². The minimum atomic E-state index is -0.361. The van der Waals surface area contributed by atoms with E-state index in [1.807, 2.05) is 51.5 Å². The second-order valence-electron chi connectivity index (χ2n) is 7.27. The van der Waals surface area contributed by atoms with Crippen LogP contribution in [-0.4, -0.2) is 59.5 Å². The van der Waals surface area contributed by atoms with Crippen molar-refractivity contribution < 1.29 is 9.53 Å². The molecule has 1 aliphatic carbocycles. The Hall–Kier alpha value is -2.64. The smallest absolute Gasteiger partial charge is 0.339 e. The molecule has 1 aromatic heterocycles. The van der Waals surface area contributed by atoms with Gasteiger partial charge in [0.05, 0.1) is 17.7 Å². The fraction of sp³-hybridized carbons (Fsp3) is 0.364. The zero-order valence-corrected chi connectivity index (χ0v) is 18.1. The molecule has 0 fully saturated rings. The normalized spacial score (nSPS) is 14.4. The van der Waals surface area contributed by atoms with Crippen LogP contribution in [0, 0.1) is 0 Å². The molecule has 7 heteroatoms. The molecule has 0 saturated heterocycles. The van der Waals surface area contributed by atoms with Gasteiger partial charge in [-0.05, 0) is 57.3 Å². The summed E-state index contributed by atoms with van der Waals surface area (Å²) in [6.07, 6.45) is 4.25. The van der Waals surface area contributed by atoms with Gasteiger partial charge in [-0.3, -0.25) is 0 Å². The van der Waals surface area contributed by atoms with E-state index in [-0.39, 0.29) is 5.97 Å². The molecule has 152 valence electrons. The van der Waals surface area contributed by atoms with Crippen LogP contribution in [0.4, 0.5) is 5.95 Å². The van der Waals surface area contributed by atoms with Gasteiger partial charge in [0, 0.05) is 36.0 Å². The summed E-state index contributed by atoms with van der Waals surface area (Å²) in [5.41, 5.74) is 4.48. The summed E-state index contributed by atoms with van der Waals surface area (Å²) in [4.78, 5) is 24.0. The van der Waals surface area contributed by atoms with Crippen molar-refractivity contribution >= 4 is 45.5 Å². The molecule has 0 amide bonds. The number of nitrogens with zero attached hydrogens (tertiary/aromatic N) is 3. The maximum Gasteiger partial charge on any atom is 0.339 e. The van der Waals surface area contributed by atoms with Crippen LogP contribution in [0.25, 0.3) is 16.5 Å². The molecule has 1 N–H and O–H groups in total. The summed E-state index contributed by atoms with van der Waals surface area (Å²) in [7, 11) is 4.06. The number of hydrogen-bond donors (Lipinski definition) is 1. The summed E-state index contributed by atoms with van der Waals surface area (Å²) >= 11 is 5.41. The minimum Gasteiger partial charge on any atom is -0.462 e. The third kappa shape index (κ3) is 5.05. The summed E-state index contributed by atoms with van der Waals surface area (Å²) < 4.78 is 5.15. The number of allylic oxidation sites excluding steroid dienone is 3. The molecular formula is C22H26N4O2S. The second-order valence-corrected chi connectivity index (χ2v) is 7.76. The van der Waals surface area contributed by atoms with Gasteiger partial charge in [0.2, 0.25) is 5.95 Å². The van der Waals surface area contributed by atoms with Crippen molar-refractivity contribution in [2.75, 3.05) is 39.1 Å². The molecule has 0 aliphatic heterocycles. The number of anilines is 1.